The van der Waals surface area contributed by atoms with Crippen molar-refractivity contribution in [2.45, 2.75) is 6.04 Å². The van der Waals surface area contributed by atoms with Gasteiger partial charge in [-0.05, 0) is 47.7 Å². The Balaban J connectivity index is 3.00. The van der Waals surface area contributed by atoms with E-state index in [1.807, 2.05) is 32.3 Å². The molecule has 0 amide bonds. The van der Waals surface area contributed by atoms with E-state index in [0.29, 0.717) is 6.54 Å². The number of hydrogen-bond acceptors (Lipinski definition) is 2. The zero-order chi connectivity index (χ0) is 10.7. The maximum atomic E-state index is 6.01. The molecule has 0 aliphatic rings. The summed E-state index contributed by atoms with van der Waals surface area (Å²) in [6.07, 6.45) is 0. The molecule has 4 heteroatoms. The van der Waals surface area contributed by atoms with Crippen molar-refractivity contribution in [1.29, 1.82) is 0 Å². The number of benzene rings is 1. The van der Waals surface area contributed by atoms with Gasteiger partial charge in [-0.3, -0.25) is 0 Å². The summed E-state index contributed by atoms with van der Waals surface area (Å²) in [4.78, 5) is 2.08. The predicted octanol–water partition coefficient (Wildman–Crippen LogP) is 2.66. The molecule has 0 saturated heterocycles. The van der Waals surface area contributed by atoms with E-state index in [2.05, 4.69) is 20.8 Å². The van der Waals surface area contributed by atoms with Gasteiger partial charge in [0.25, 0.3) is 0 Å². The predicted molar refractivity (Wildman–Crippen MR) is 64.6 cm³/mol. The Morgan fingerprint density at radius 1 is 1.50 bits per heavy atom. The van der Waals surface area contributed by atoms with Crippen molar-refractivity contribution < 1.29 is 0 Å². The number of rotatable bonds is 3. The smallest absolute Gasteiger partial charge is 0.0551 e. The molecule has 1 unspecified atom stereocenters. The minimum Gasteiger partial charge on any atom is -0.329 e. The van der Waals surface area contributed by atoms with Gasteiger partial charge in [0.1, 0.15) is 0 Å². The average Bonchev–Trinajstić information content (AvgIpc) is 2.11. The molecule has 1 aromatic carbocycles. The van der Waals surface area contributed by atoms with Crippen LogP contribution < -0.4 is 5.73 Å². The Bertz CT molecular complexity index is 315. The van der Waals surface area contributed by atoms with E-state index in [-0.39, 0.29) is 6.04 Å². The zero-order valence-electron chi connectivity index (χ0n) is 8.30. The van der Waals surface area contributed by atoms with E-state index >= 15 is 0 Å². The fraction of sp³-hybridized carbons (Fsp3) is 0.400. The van der Waals surface area contributed by atoms with Crippen LogP contribution in [0.15, 0.2) is 22.7 Å². The van der Waals surface area contributed by atoms with E-state index in [0.717, 1.165) is 15.1 Å². The molecule has 0 aliphatic carbocycles. The molecule has 2 nitrogen and oxygen atoms in total. The van der Waals surface area contributed by atoms with Gasteiger partial charge in [-0.25, -0.2) is 0 Å². The summed E-state index contributed by atoms with van der Waals surface area (Å²) in [5.41, 5.74) is 6.84. The van der Waals surface area contributed by atoms with Crippen molar-refractivity contribution in [3.8, 4) is 0 Å². The molecule has 0 radical (unpaired) electrons. The Hall–Kier alpha value is -0.0900. The van der Waals surface area contributed by atoms with Crippen LogP contribution in [0, 0.1) is 0 Å². The number of likely N-dealkylation sites (N-methyl/N-ethyl adjacent to an activating group) is 1. The van der Waals surface area contributed by atoms with E-state index in [1.54, 1.807) is 0 Å². The third-order valence-electron chi connectivity index (χ3n) is 2.18. The Kier molecular flexibility index (Phi) is 4.38. The van der Waals surface area contributed by atoms with Crippen molar-refractivity contribution in [1.82, 2.24) is 4.90 Å². The van der Waals surface area contributed by atoms with Gasteiger partial charge >= 0.3 is 0 Å². The van der Waals surface area contributed by atoms with Crippen LogP contribution in [0.5, 0.6) is 0 Å². The number of halogens is 2. The first kappa shape index (κ1) is 12.0. The highest BCUT2D eigenvalue weighted by molar-refractivity contribution is 9.10. The lowest BCUT2D eigenvalue weighted by molar-refractivity contribution is 0.306. The third kappa shape index (κ3) is 2.70. The molecule has 0 saturated carbocycles. The van der Waals surface area contributed by atoms with Gasteiger partial charge in [0.2, 0.25) is 0 Å². The number of nitrogens with two attached hydrogens (primary N) is 1. The maximum absolute atomic E-state index is 6.01. The minimum absolute atomic E-state index is 0.223. The molecule has 0 aromatic heterocycles. The topological polar surface area (TPSA) is 29.3 Å². The molecule has 1 aromatic rings. The highest BCUT2D eigenvalue weighted by Gasteiger charge is 2.12. The fourth-order valence-corrected chi connectivity index (χ4v) is 1.80. The lowest BCUT2D eigenvalue weighted by Crippen LogP contribution is -2.27. The summed E-state index contributed by atoms with van der Waals surface area (Å²) >= 11 is 9.37. The van der Waals surface area contributed by atoms with Crippen LogP contribution in [0.2, 0.25) is 5.02 Å². The van der Waals surface area contributed by atoms with Crippen LogP contribution in [0.3, 0.4) is 0 Å². The van der Waals surface area contributed by atoms with Gasteiger partial charge in [-0.2, -0.15) is 0 Å². The van der Waals surface area contributed by atoms with Crippen LogP contribution in [0.1, 0.15) is 11.6 Å². The molecule has 0 aliphatic heterocycles. The molecule has 0 bridgehead atoms. The van der Waals surface area contributed by atoms with Gasteiger partial charge in [-0.1, -0.05) is 17.7 Å². The van der Waals surface area contributed by atoms with Gasteiger partial charge in [0, 0.05) is 17.1 Å². The molecular weight excluding hydrogens is 263 g/mol. The van der Waals surface area contributed by atoms with Crippen molar-refractivity contribution in [2.24, 2.45) is 5.73 Å². The second kappa shape index (κ2) is 5.12. The number of nitrogens with zero attached hydrogens (tertiary/aromatic N) is 1. The Morgan fingerprint density at radius 3 is 2.57 bits per heavy atom. The first-order valence-electron chi connectivity index (χ1n) is 4.37. The summed E-state index contributed by atoms with van der Waals surface area (Å²) < 4.78 is 0.914. The van der Waals surface area contributed by atoms with Crippen molar-refractivity contribution in [3.63, 3.8) is 0 Å². The summed E-state index contributed by atoms with van der Waals surface area (Å²) in [5, 5.41) is 0.725. The maximum Gasteiger partial charge on any atom is 0.0551 e. The molecule has 0 spiro atoms. The first-order chi connectivity index (χ1) is 6.56. The molecule has 0 fully saturated rings. The highest BCUT2D eigenvalue weighted by Crippen LogP contribution is 2.27. The molecule has 14 heavy (non-hydrogen) atoms. The zero-order valence-corrected chi connectivity index (χ0v) is 10.6. The van der Waals surface area contributed by atoms with Crippen LogP contribution in [0.4, 0.5) is 0 Å². The average molecular weight is 278 g/mol. The second-order valence-electron chi connectivity index (χ2n) is 3.39. The van der Waals surface area contributed by atoms with Crippen LogP contribution in [-0.4, -0.2) is 25.5 Å². The molecule has 2 N–H and O–H groups in total. The van der Waals surface area contributed by atoms with Gasteiger partial charge in [0.05, 0.1) is 5.02 Å². The summed E-state index contributed by atoms with van der Waals surface area (Å²) in [6.45, 7) is 0.588. The standard InChI is InChI=1S/C10H14BrClN2/c1-14(2)10(6-13)7-3-4-8(11)9(12)5-7/h3-5,10H,6,13H2,1-2H3. The quantitative estimate of drug-likeness (QED) is 0.920. The second-order valence-corrected chi connectivity index (χ2v) is 4.65. The van der Waals surface area contributed by atoms with Gasteiger partial charge < -0.3 is 10.6 Å². The Labute approximate surface area is 98.2 Å². The number of hydrogen-bond donors (Lipinski definition) is 1. The normalized spacial score (nSPS) is 13.3. The lowest BCUT2D eigenvalue weighted by Gasteiger charge is -2.23. The van der Waals surface area contributed by atoms with Gasteiger partial charge in [0.15, 0.2) is 0 Å². The summed E-state index contributed by atoms with van der Waals surface area (Å²) in [5.74, 6) is 0. The molecule has 0 heterocycles. The van der Waals surface area contributed by atoms with Crippen LogP contribution in [0.25, 0.3) is 0 Å². The summed E-state index contributed by atoms with van der Waals surface area (Å²) in [6, 6.07) is 6.15. The first-order valence-corrected chi connectivity index (χ1v) is 5.54. The van der Waals surface area contributed by atoms with E-state index in [1.165, 1.54) is 0 Å². The van der Waals surface area contributed by atoms with Crippen molar-refractivity contribution in [2.75, 3.05) is 20.6 Å². The van der Waals surface area contributed by atoms with Crippen molar-refractivity contribution >= 4 is 27.5 Å². The van der Waals surface area contributed by atoms with Crippen LogP contribution in [-0.2, 0) is 0 Å². The molecule has 1 atom stereocenters. The third-order valence-corrected chi connectivity index (χ3v) is 3.41. The largest absolute Gasteiger partial charge is 0.329 e. The Morgan fingerprint density at radius 2 is 2.14 bits per heavy atom. The molecule has 1 rings (SSSR count). The monoisotopic (exact) mass is 276 g/mol. The van der Waals surface area contributed by atoms with E-state index in [9.17, 15) is 0 Å². The van der Waals surface area contributed by atoms with Crippen molar-refractivity contribution in [3.05, 3.63) is 33.3 Å². The highest BCUT2D eigenvalue weighted by atomic mass is 79.9. The van der Waals surface area contributed by atoms with Crippen LogP contribution >= 0.6 is 27.5 Å². The molecular formula is C10H14BrClN2. The lowest BCUT2D eigenvalue weighted by atomic mass is 10.1. The van der Waals surface area contributed by atoms with E-state index < -0.39 is 0 Å². The SMILES string of the molecule is CN(C)C(CN)c1ccc(Br)c(Cl)c1. The molecule has 78 valence electrons. The van der Waals surface area contributed by atoms with Gasteiger partial charge in [-0.15, -0.1) is 0 Å². The van der Waals surface area contributed by atoms with E-state index in [4.69, 9.17) is 17.3 Å². The fourth-order valence-electron chi connectivity index (χ4n) is 1.36. The summed E-state index contributed by atoms with van der Waals surface area (Å²) in [7, 11) is 4.01. The minimum atomic E-state index is 0.223.